The van der Waals surface area contributed by atoms with E-state index >= 15 is 0 Å². The Morgan fingerprint density at radius 1 is 1.38 bits per heavy atom. The molecule has 0 radical (unpaired) electrons. The van der Waals surface area contributed by atoms with E-state index < -0.39 is 11.6 Å². The first-order valence-corrected chi connectivity index (χ1v) is 9.31. The topological polar surface area (TPSA) is 65.4 Å². The molecule has 29 heavy (non-hydrogen) atoms. The van der Waals surface area contributed by atoms with Crippen LogP contribution in [0.2, 0.25) is 0 Å². The van der Waals surface area contributed by atoms with E-state index in [0.29, 0.717) is 13.0 Å². The summed E-state index contributed by atoms with van der Waals surface area (Å²) in [7, 11) is 1.76. The highest BCUT2D eigenvalue weighted by Gasteiger charge is 2.34. The molecule has 0 aromatic heterocycles. The molecule has 1 heterocycles. The summed E-state index contributed by atoms with van der Waals surface area (Å²) in [6, 6.07) is 12.7. The highest BCUT2D eigenvalue weighted by Crippen LogP contribution is 2.39. The van der Waals surface area contributed by atoms with Crippen molar-refractivity contribution in [2.75, 3.05) is 13.7 Å². The third-order valence-electron chi connectivity index (χ3n) is 4.36. The fraction of sp³-hybridized carbons (Fsp3) is 0.286. The lowest BCUT2D eigenvalue weighted by molar-refractivity contribution is -0.106. The lowest BCUT2D eigenvalue weighted by Gasteiger charge is -2.38. The van der Waals surface area contributed by atoms with Gasteiger partial charge in [-0.2, -0.15) is 5.26 Å². The van der Waals surface area contributed by atoms with E-state index in [0.717, 1.165) is 35.8 Å². The number of nitriles is 1. The second-order valence-electron chi connectivity index (χ2n) is 6.33. The predicted octanol–water partition coefficient (Wildman–Crippen LogP) is 3.95. The fourth-order valence-corrected chi connectivity index (χ4v) is 3.47. The molecule has 2 unspecified atom stereocenters. The number of carbonyl (C=O) groups excluding carboxylic acids is 1. The van der Waals surface area contributed by atoms with Crippen LogP contribution in [0.3, 0.4) is 0 Å². The summed E-state index contributed by atoms with van der Waals surface area (Å²) in [6.07, 6.45) is 1.05. The van der Waals surface area contributed by atoms with Gasteiger partial charge in [-0.15, -0.1) is 0 Å². The average Bonchev–Trinajstić information content (AvgIpc) is 2.70. The van der Waals surface area contributed by atoms with Gasteiger partial charge in [-0.3, -0.25) is 0 Å². The van der Waals surface area contributed by atoms with Crippen LogP contribution in [0.5, 0.6) is 5.75 Å². The Hall–Kier alpha value is -2.89. The van der Waals surface area contributed by atoms with E-state index in [1.54, 1.807) is 12.1 Å². The van der Waals surface area contributed by atoms with Gasteiger partial charge in [0.1, 0.15) is 28.7 Å². The summed E-state index contributed by atoms with van der Waals surface area (Å²) in [6.45, 7) is 1.84. The van der Waals surface area contributed by atoms with Crippen molar-refractivity contribution in [1.29, 1.82) is 5.26 Å². The van der Waals surface area contributed by atoms with Crippen LogP contribution in [-0.2, 0) is 4.79 Å². The Bertz CT molecular complexity index is 917. The van der Waals surface area contributed by atoms with E-state index in [4.69, 9.17) is 27.0 Å². The number of hydrogen-bond acceptors (Lipinski definition) is 5. The number of aldehydes is 1. The van der Waals surface area contributed by atoms with Gasteiger partial charge in [-0.05, 0) is 31.2 Å². The van der Waals surface area contributed by atoms with Crippen LogP contribution in [0.1, 0.15) is 30.5 Å². The first-order valence-electron chi connectivity index (χ1n) is 8.90. The third-order valence-corrected chi connectivity index (χ3v) is 4.67. The number of hydrogen-bond donors (Lipinski definition) is 1. The van der Waals surface area contributed by atoms with E-state index in [2.05, 4.69) is 11.5 Å². The fourth-order valence-electron chi connectivity index (χ4n) is 3.17. The summed E-state index contributed by atoms with van der Waals surface area (Å²) in [5.41, 5.74) is 3.86. The number of thiocarbonyl (C=S) groups is 1. The maximum Gasteiger partial charge on any atom is 0.133 e. The van der Waals surface area contributed by atoms with Crippen molar-refractivity contribution in [1.82, 2.24) is 10.4 Å². The molecule has 1 aliphatic rings. The van der Waals surface area contributed by atoms with Gasteiger partial charge in [0.2, 0.25) is 0 Å². The average molecular weight is 417 g/mol. The van der Waals surface area contributed by atoms with Crippen LogP contribution in [0, 0.1) is 28.9 Å². The minimum atomic E-state index is -0.599. The van der Waals surface area contributed by atoms with Gasteiger partial charge in [-0.1, -0.05) is 30.4 Å². The van der Waals surface area contributed by atoms with Crippen molar-refractivity contribution in [2.24, 2.45) is 5.92 Å². The molecule has 0 saturated heterocycles. The van der Waals surface area contributed by atoms with Crippen LogP contribution >= 0.6 is 12.2 Å². The zero-order valence-electron chi connectivity index (χ0n) is 16.1. The van der Waals surface area contributed by atoms with Gasteiger partial charge < -0.3 is 15.0 Å². The minimum Gasteiger partial charge on any atom is -0.493 e. The first kappa shape index (κ1) is 22.4. The molecular weight excluding hydrogens is 396 g/mol. The Labute approximate surface area is 173 Å². The summed E-state index contributed by atoms with van der Waals surface area (Å²) in [5.74, 6) is -0.513. The van der Waals surface area contributed by atoms with Crippen LogP contribution in [0.4, 0.5) is 8.78 Å². The highest BCUT2D eigenvalue weighted by molar-refractivity contribution is 7.80. The zero-order valence-corrected chi connectivity index (χ0v) is 16.9. The summed E-state index contributed by atoms with van der Waals surface area (Å²) >= 11 is 5.26. The van der Waals surface area contributed by atoms with Gasteiger partial charge >= 0.3 is 0 Å². The number of halogens is 2. The van der Waals surface area contributed by atoms with Crippen molar-refractivity contribution in [3.05, 3.63) is 65.2 Å². The Balaban J connectivity index is 0.000000941. The van der Waals surface area contributed by atoms with Gasteiger partial charge in [0.05, 0.1) is 18.7 Å². The Morgan fingerprint density at radius 3 is 2.76 bits per heavy atom. The first-order chi connectivity index (χ1) is 13.9. The molecule has 2 atom stereocenters. The molecule has 8 heteroatoms. The molecule has 0 fully saturated rings. The number of fused-ring (bicyclic) bond motifs is 1. The summed E-state index contributed by atoms with van der Waals surface area (Å²) < 4.78 is 33.2. The van der Waals surface area contributed by atoms with Gasteiger partial charge in [0.25, 0.3) is 0 Å². The largest absolute Gasteiger partial charge is 0.493 e. The van der Waals surface area contributed by atoms with Crippen molar-refractivity contribution >= 4 is 23.5 Å². The van der Waals surface area contributed by atoms with Gasteiger partial charge in [-0.25, -0.2) is 13.8 Å². The van der Waals surface area contributed by atoms with E-state index in [-0.39, 0.29) is 22.5 Å². The summed E-state index contributed by atoms with van der Waals surface area (Å²) in [5, 5.41) is 10.9. The monoisotopic (exact) mass is 417 g/mol. The molecule has 3 rings (SSSR count). The number of para-hydroxylation sites is 1. The van der Waals surface area contributed by atoms with Crippen LogP contribution in [0.25, 0.3) is 0 Å². The second kappa shape index (κ2) is 10.6. The molecule has 2 aromatic carbocycles. The van der Waals surface area contributed by atoms with Crippen molar-refractivity contribution < 1.29 is 18.3 Å². The number of nitrogens with one attached hydrogen (secondary N) is 1. The minimum absolute atomic E-state index is 0.0102. The van der Waals surface area contributed by atoms with Crippen molar-refractivity contribution in [2.45, 2.75) is 19.4 Å². The van der Waals surface area contributed by atoms with Gasteiger partial charge in [0.15, 0.2) is 0 Å². The number of benzene rings is 2. The second-order valence-corrected chi connectivity index (χ2v) is 6.74. The molecule has 2 aromatic rings. The predicted molar refractivity (Wildman–Crippen MR) is 109 cm³/mol. The SMILES string of the molecule is CC=O.CN(NC(=S)c1cc(F)ccc1F)C1c2ccccc2OCC1CC#N. The molecule has 0 amide bonds. The standard InChI is InChI=1S/C19H17F2N3OS.C2H4O/c1-24(23-19(26)15-10-13(20)6-7-16(15)21)18-12(8-9-22)11-25-17-5-3-2-4-14(17)18;1-2-3/h2-7,10,12,18H,8,11H2,1H3,(H,23,26);2H,1H3. The van der Waals surface area contributed by atoms with Gasteiger partial charge in [0, 0.05) is 30.5 Å². The molecule has 5 nitrogen and oxygen atoms in total. The van der Waals surface area contributed by atoms with E-state index in [1.165, 1.54) is 6.92 Å². The van der Waals surface area contributed by atoms with Crippen molar-refractivity contribution in [3.8, 4) is 11.8 Å². The molecular formula is C21H21F2N3O2S. The maximum atomic E-state index is 14.0. The Morgan fingerprint density at radius 2 is 2.07 bits per heavy atom. The number of nitrogens with zero attached hydrogens (tertiary/aromatic N) is 2. The number of ether oxygens (including phenoxy) is 1. The maximum absolute atomic E-state index is 14.0. The quantitative estimate of drug-likeness (QED) is 0.462. The normalized spacial score (nSPS) is 17.1. The number of rotatable bonds is 4. The number of carbonyl (C=O) groups is 1. The lowest BCUT2D eigenvalue weighted by atomic mass is 9.88. The molecule has 0 spiro atoms. The smallest absolute Gasteiger partial charge is 0.133 e. The van der Waals surface area contributed by atoms with Crippen LogP contribution in [0.15, 0.2) is 42.5 Å². The molecule has 152 valence electrons. The summed E-state index contributed by atoms with van der Waals surface area (Å²) in [4.78, 5) is 8.88. The van der Waals surface area contributed by atoms with E-state index in [1.807, 2.05) is 24.3 Å². The molecule has 0 aliphatic carbocycles. The number of hydrazine groups is 1. The van der Waals surface area contributed by atoms with Crippen molar-refractivity contribution in [3.63, 3.8) is 0 Å². The molecule has 0 saturated carbocycles. The molecule has 1 N–H and O–H groups in total. The lowest BCUT2D eigenvalue weighted by Crippen LogP contribution is -2.46. The third kappa shape index (κ3) is 5.56. The molecule has 0 bridgehead atoms. The van der Waals surface area contributed by atoms with E-state index in [9.17, 15) is 8.78 Å². The highest BCUT2D eigenvalue weighted by atomic mass is 32.1. The van der Waals surface area contributed by atoms with Crippen LogP contribution < -0.4 is 10.2 Å². The Kier molecular flexibility index (Phi) is 8.19. The van der Waals surface area contributed by atoms with Crippen LogP contribution in [-0.4, -0.2) is 29.9 Å². The zero-order chi connectivity index (χ0) is 21.4. The molecule has 1 aliphatic heterocycles.